The maximum atomic E-state index is 4.17. The number of thiophene rings is 1. The van der Waals surface area contributed by atoms with E-state index in [0.29, 0.717) is 0 Å². The number of aromatic nitrogens is 2. The monoisotopic (exact) mass is 320 g/mol. The van der Waals surface area contributed by atoms with Crippen molar-refractivity contribution < 1.29 is 0 Å². The van der Waals surface area contributed by atoms with Crippen LogP contribution in [0.5, 0.6) is 0 Å². The number of halogens is 2. The van der Waals surface area contributed by atoms with Crippen LogP contribution >= 0.6 is 43.2 Å². The Morgan fingerprint density at radius 1 is 1.46 bits per heavy atom. The molecule has 0 N–H and O–H groups in total. The second-order valence-corrected chi connectivity index (χ2v) is 5.20. The highest BCUT2D eigenvalue weighted by atomic mass is 79.9. The van der Waals surface area contributed by atoms with Gasteiger partial charge >= 0.3 is 0 Å². The molecule has 0 aliphatic carbocycles. The predicted octanol–water partition coefficient (Wildman–Crippen LogP) is 3.67. The van der Waals surface area contributed by atoms with Gasteiger partial charge in [-0.15, -0.1) is 11.3 Å². The highest BCUT2D eigenvalue weighted by Gasteiger charge is 2.10. The quantitative estimate of drug-likeness (QED) is 0.783. The van der Waals surface area contributed by atoms with Gasteiger partial charge in [-0.25, -0.2) is 4.98 Å². The van der Waals surface area contributed by atoms with E-state index in [1.165, 1.54) is 4.88 Å². The van der Waals surface area contributed by atoms with Crippen LogP contribution in [-0.2, 0) is 7.05 Å². The summed E-state index contributed by atoms with van der Waals surface area (Å²) in [6, 6.07) is 2.09. The maximum Gasteiger partial charge on any atom is 0.132 e. The van der Waals surface area contributed by atoms with Gasteiger partial charge in [0.05, 0.1) is 16.9 Å². The minimum atomic E-state index is 0.893. The third-order valence-electron chi connectivity index (χ3n) is 1.69. The van der Waals surface area contributed by atoms with E-state index >= 15 is 0 Å². The molecule has 0 aromatic carbocycles. The first-order valence-electron chi connectivity index (χ1n) is 3.59. The molecule has 0 saturated heterocycles. The van der Waals surface area contributed by atoms with Crippen molar-refractivity contribution in [1.82, 2.24) is 9.55 Å². The van der Waals surface area contributed by atoms with Gasteiger partial charge in [-0.05, 0) is 37.9 Å². The third-order valence-corrected chi connectivity index (χ3v) is 3.97. The van der Waals surface area contributed by atoms with E-state index in [0.717, 1.165) is 14.8 Å². The smallest absolute Gasteiger partial charge is 0.132 e. The zero-order chi connectivity index (χ0) is 9.42. The molecule has 0 aliphatic rings. The van der Waals surface area contributed by atoms with Crippen LogP contribution in [0.15, 0.2) is 26.8 Å². The van der Waals surface area contributed by atoms with Crippen LogP contribution in [0.3, 0.4) is 0 Å². The molecule has 0 unspecified atom stereocenters. The van der Waals surface area contributed by atoms with Gasteiger partial charge in [-0.2, -0.15) is 0 Å². The van der Waals surface area contributed by atoms with E-state index in [4.69, 9.17) is 0 Å². The number of nitrogens with zero attached hydrogens (tertiary/aromatic N) is 2. The average molecular weight is 322 g/mol. The minimum Gasteiger partial charge on any atom is -0.332 e. The molecule has 0 fully saturated rings. The lowest BCUT2D eigenvalue weighted by molar-refractivity contribution is 0.923. The van der Waals surface area contributed by atoms with Crippen molar-refractivity contribution in [2.75, 3.05) is 0 Å². The van der Waals surface area contributed by atoms with Gasteiger partial charge in [0.2, 0.25) is 0 Å². The Labute approximate surface area is 96.9 Å². The number of rotatable bonds is 1. The van der Waals surface area contributed by atoms with Crippen molar-refractivity contribution in [2.45, 2.75) is 0 Å². The molecule has 2 aromatic rings. The van der Waals surface area contributed by atoms with Crippen LogP contribution in [0.25, 0.3) is 10.6 Å². The summed E-state index contributed by atoms with van der Waals surface area (Å²) in [4.78, 5) is 5.38. The van der Waals surface area contributed by atoms with E-state index < -0.39 is 0 Å². The van der Waals surface area contributed by atoms with Crippen molar-refractivity contribution in [3.05, 3.63) is 26.8 Å². The molecular formula is C8H6Br2N2S. The SMILES string of the molecule is Cn1cnc(Br)c1-c1cc(Br)cs1. The molecule has 0 atom stereocenters. The molecule has 2 heterocycles. The highest BCUT2D eigenvalue weighted by molar-refractivity contribution is 9.10. The predicted molar refractivity (Wildman–Crippen MR) is 61.9 cm³/mol. The molecular weight excluding hydrogens is 316 g/mol. The fraction of sp³-hybridized carbons (Fsp3) is 0.125. The normalized spacial score (nSPS) is 10.7. The molecule has 2 nitrogen and oxygen atoms in total. The summed E-state index contributed by atoms with van der Waals surface area (Å²) in [5, 5.41) is 2.06. The van der Waals surface area contributed by atoms with Gasteiger partial charge in [-0.3, -0.25) is 0 Å². The lowest BCUT2D eigenvalue weighted by Crippen LogP contribution is -1.86. The molecule has 0 radical (unpaired) electrons. The first-order chi connectivity index (χ1) is 6.18. The first kappa shape index (κ1) is 9.43. The second kappa shape index (κ2) is 3.55. The summed E-state index contributed by atoms with van der Waals surface area (Å²) in [5.41, 5.74) is 1.12. The zero-order valence-electron chi connectivity index (χ0n) is 6.79. The van der Waals surface area contributed by atoms with Gasteiger partial charge in [0.15, 0.2) is 0 Å². The topological polar surface area (TPSA) is 17.8 Å². The molecule has 2 rings (SSSR count). The molecule has 0 spiro atoms. The van der Waals surface area contributed by atoms with Gasteiger partial charge in [0, 0.05) is 16.9 Å². The Bertz CT molecular complexity index is 414. The van der Waals surface area contributed by atoms with Crippen molar-refractivity contribution in [2.24, 2.45) is 7.05 Å². The lowest BCUT2D eigenvalue weighted by atomic mass is 10.4. The Morgan fingerprint density at radius 3 is 2.69 bits per heavy atom. The summed E-state index contributed by atoms with van der Waals surface area (Å²) < 4.78 is 4.01. The second-order valence-electron chi connectivity index (χ2n) is 2.62. The average Bonchev–Trinajstić information content (AvgIpc) is 2.60. The standard InChI is InChI=1S/C8H6Br2N2S/c1-12-4-11-8(10)7(12)6-2-5(9)3-13-6/h2-4H,1H3. The Kier molecular flexibility index (Phi) is 2.58. The Balaban J connectivity index is 2.57. The molecule has 5 heteroatoms. The molecule has 0 aliphatic heterocycles. The number of imidazole rings is 1. The summed E-state index contributed by atoms with van der Waals surface area (Å²) in [7, 11) is 1.99. The van der Waals surface area contributed by atoms with E-state index in [9.17, 15) is 0 Å². The molecule has 0 saturated carbocycles. The number of aryl methyl sites for hydroxylation is 1. The zero-order valence-corrected chi connectivity index (χ0v) is 10.8. The summed E-state index contributed by atoms with van der Waals surface area (Å²) in [6.07, 6.45) is 1.80. The molecule has 13 heavy (non-hydrogen) atoms. The van der Waals surface area contributed by atoms with E-state index in [1.54, 1.807) is 17.7 Å². The minimum absolute atomic E-state index is 0.893. The Hall–Kier alpha value is -0.130. The fourth-order valence-electron chi connectivity index (χ4n) is 1.11. The summed E-state index contributed by atoms with van der Waals surface area (Å²) >= 11 is 8.55. The molecule has 0 amide bonds. The fourth-order valence-corrected chi connectivity index (χ4v) is 3.35. The Morgan fingerprint density at radius 2 is 2.23 bits per heavy atom. The number of hydrogen-bond donors (Lipinski definition) is 0. The summed E-state index contributed by atoms with van der Waals surface area (Å²) in [6.45, 7) is 0. The van der Waals surface area contributed by atoms with Crippen LogP contribution in [0.1, 0.15) is 0 Å². The van der Waals surface area contributed by atoms with Gasteiger partial charge in [0.25, 0.3) is 0 Å². The van der Waals surface area contributed by atoms with Crippen LogP contribution < -0.4 is 0 Å². The highest BCUT2D eigenvalue weighted by Crippen LogP contribution is 2.33. The molecule has 2 aromatic heterocycles. The van der Waals surface area contributed by atoms with E-state index in [1.807, 2.05) is 11.6 Å². The van der Waals surface area contributed by atoms with Crippen molar-refractivity contribution in [3.63, 3.8) is 0 Å². The van der Waals surface area contributed by atoms with Crippen LogP contribution in [0.4, 0.5) is 0 Å². The maximum absolute atomic E-state index is 4.17. The van der Waals surface area contributed by atoms with Gasteiger partial charge < -0.3 is 4.57 Å². The largest absolute Gasteiger partial charge is 0.332 e. The van der Waals surface area contributed by atoms with Crippen molar-refractivity contribution in [1.29, 1.82) is 0 Å². The van der Waals surface area contributed by atoms with Crippen LogP contribution in [-0.4, -0.2) is 9.55 Å². The lowest BCUT2D eigenvalue weighted by Gasteiger charge is -1.97. The van der Waals surface area contributed by atoms with Crippen molar-refractivity contribution >= 4 is 43.2 Å². The van der Waals surface area contributed by atoms with Crippen LogP contribution in [0.2, 0.25) is 0 Å². The summed E-state index contributed by atoms with van der Waals surface area (Å²) in [5.74, 6) is 0. The van der Waals surface area contributed by atoms with Crippen molar-refractivity contribution in [3.8, 4) is 10.6 Å². The van der Waals surface area contributed by atoms with Gasteiger partial charge in [-0.1, -0.05) is 0 Å². The molecule has 68 valence electrons. The number of hydrogen-bond acceptors (Lipinski definition) is 2. The van der Waals surface area contributed by atoms with Crippen LogP contribution in [0, 0.1) is 0 Å². The third kappa shape index (κ3) is 1.73. The molecule has 0 bridgehead atoms. The first-order valence-corrected chi connectivity index (χ1v) is 6.06. The van der Waals surface area contributed by atoms with E-state index in [-0.39, 0.29) is 0 Å². The van der Waals surface area contributed by atoms with Gasteiger partial charge in [0.1, 0.15) is 4.60 Å². The van der Waals surface area contributed by atoms with E-state index in [2.05, 4.69) is 48.3 Å².